The molecule has 7 heteroatoms. The van der Waals surface area contributed by atoms with Crippen molar-refractivity contribution in [3.8, 4) is 5.75 Å². The van der Waals surface area contributed by atoms with E-state index in [0.717, 1.165) is 13.0 Å². The van der Waals surface area contributed by atoms with E-state index in [-0.39, 0.29) is 5.69 Å². The SMILES string of the molecule is CN1CCCCC1COc1cc(NN)cc([N+](=O)[O-])c1. The van der Waals surface area contributed by atoms with E-state index in [2.05, 4.69) is 17.4 Å². The molecule has 2 rings (SSSR count). The molecule has 1 heterocycles. The van der Waals surface area contributed by atoms with Crippen molar-refractivity contribution >= 4 is 11.4 Å². The van der Waals surface area contributed by atoms with E-state index in [4.69, 9.17) is 10.6 Å². The molecule has 0 amide bonds. The zero-order valence-electron chi connectivity index (χ0n) is 11.5. The molecule has 1 fully saturated rings. The molecule has 1 unspecified atom stereocenters. The van der Waals surface area contributed by atoms with Crippen LogP contribution in [0, 0.1) is 10.1 Å². The number of rotatable bonds is 5. The van der Waals surface area contributed by atoms with Gasteiger partial charge in [-0.25, -0.2) is 0 Å². The summed E-state index contributed by atoms with van der Waals surface area (Å²) < 4.78 is 5.71. The fourth-order valence-corrected chi connectivity index (χ4v) is 2.40. The molecule has 1 aliphatic heterocycles. The Hall–Kier alpha value is -1.86. The first-order valence-corrected chi connectivity index (χ1v) is 6.69. The number of nitrogens with zero attached hydrogens (tertiary/aromatic N) is 2. The van der Waals surface area contributed by atoms with E-state index in [1.807, 2.05) is 0 Å². The molecule has 0 bridgehead atoms. The van der Waals surface area contributed by atoms with Crippen LogP contribution in [0.15, 0.2) is 18.2 Å². The maximum absolute atomic E-state index is 10.9. The van der Waals surface area contributed by atoms with Crippen molar-refractivity contribution in [2.75, 3.05) is 25.6 Å². The Labute approximate surface area is 117 Å². The van der Waals surface area contributed by atoms with Crippen molar-refractivity contribution in [1.82, 2.24) is 4.90 Å². The van der Waals surface area contributed by atoms with Crippen molar-refractivity contribution in [3.63, 3.8) is 0 Å². The quantitative estimate of drug-likeness (QED) is 0.485. The standard InChI is InChI=1S/C13H20N4O3/c1-16-5-3-2-4-11(16)9-20-13-7-10(15-14)6-12(8-13)17(18)19/h6-8,11,15H,2-5,9,14H2,1H3. The van der Waals surface area contributed by atoms with Gasteiger partial charge in [0.1, 0.15) is 12.4 Å². The van der Waals surface area contributed by atoms with Crippen LogP contribution in [-0.2, 0) is 0 Å². The van der Waals surface area contributed by atoms with E-state index < -0.39 is 4.92 Å². The van der Waals surface area contributed by atoms with Crippen molar-refractivity contribution in [3.05, 3.63) is 28.3 Å². The Balaban J connectivity index is 2.04. The highest BCUT2D eigenvalue weighted by Gasteiger charge is 2.20. The second kappa shape index (κ2) is 6.53. The van der Waals surface area contributed by atoms with Crippen LogP contribution in [0.25, 0.3) is 0 Å². The van der Waals surface area contributed by atoms with Crippen LogP contribution in [0.5, 0.6) is 5.75 Å². The van der Waals surface area contributed by atoms with Crippen LogP contribution in [0.2, 0.25) is 0 Å². The van der Waals surface area contributed by atoms with Gasteiger partial charge in [-0.2, -0.15) is 0 Å². The molecule has 0 spiro atoms. The highest BCUT2D eigenvalue weighted by atomic mass is 16.6. The van der Waals surface area contributed by atoms with Gasteiger partial charge < -0.3 is 15.1 Å². The fraction of sp³-hybridized carbons (Fsp3) is 0.538. The summed E-state index contributed by atoms with van der Waals surface area (Å²) in [4.78, 5) is 12.7. The van der Waals surface area contributed by atoms with E-state index in [1.165, 1.54) is 25.0 Å². The molecular weight excluding hydrogens is 260 g/mol. The van der Waals surface area contributed by atoms with Gasteiger partial charge in [0.25, 0.3) is 5.69 Å². The molecule has 20 heavy (non-hydrogen) atoms. The minimum absolute atomic E-state index is 0.0348. The van der Waals surface area contributed by atoms with Gasteiger partial charge in [-0.1, -0.05) is 6.42 Å². The molecule has 0 saturated carbocycles. The number of nitro groups is 1. The lowest BCUT2D eigenvalue weighted by Crippen LogP contribution is -2.40. The molecule has 1 atom stereocenters. The molecule has 0 aromatic heterocycles. The second-order valence-electron chi connectivity index (χ2n) is 5.06. The summed E-state index contributed by atoms with van der Waals surface area (Å²) in [5.74, 6) is 5.78. The zero-order chi connectivity index (χ0) is 14.5. The van der Waals surface area contributed by atoms with Gasteiger partial charge in [0.2, 0.25) is 0 Å². The van der Waals surface area contributed by atoms with Gasteiger partial charge in [-0.05, 0) is 26.4 Å². The predicted octanol–water partition coefficient (Wildman–Crippen LogP) is 1.74. The van der Waals surface area contributed by atoms with E-state index in [9.17, 15) is 10.1 Å². The molecule has 0 aliphatic carbocycles. The molecule has 0 radical (unpaired) electrons. The smallest absolute Gasteiger partial charge is 0.275 e. The number of non-ortho nitro benzene ring substituents is 1. The molecule has 7 nitrogen and oxygen atoms in total. The van der Waals surface area contributed by atoms with Crippen LogP contribution in [0.3, 0.4) is 0 Å². The lowest BCUT2D eigenvalue weighted by atomic mass is 10.0. The lowest BCUT2D eigenvalue weighted by molar-refractivity contribution is -0.384. The van der Waals surface area contributed by atoms with Crippen molar-refractivity contribution in [1.29, 1.82) is 0 Å². The molecule has 1 aliphatic rings. The van der Waals surface area contributed by atoms with Crippen molar-refractivity contribution in [2.24, 2.45) is 5.84 Å². The average Bonchev–Trinajstić information content (AvgIpc) is 2.46. The maximum Gasteiger partial charge on any atom is 0.275 e. The highest BCUT2D eigenvalue weighted by molar-refractivity contribution is 5.55. The van der Waals surface area contributed by atoms with Gasteiger partial charge in [-0.15, -0.1) is 0 Å². The third kappa shape index (κ3) is 3.58. The lowest BCUT2D eigenvalue weighted by Gasteiger charge is -2.32. The van der Waals surface area contributed by atoms with Crippen LogP contribution in [-0.4, -0.2) is 36.1 Å². The average molecular weight is 280 g/mol. The van der Waals surface area contributed by atoms with Gasteiger partial charge in [0, 0.05) is 18.2 Å². The molecule has 1 aromatic carbocycles. The molecule has 110 valence electrons. The number of anilines is 1. The monoisotopic (exact) mass is 280 g/mol. The van der Waals surface area contributed by atoms with E-state index in [1.54, 1.807) is 6.07 Å². The maximum atomic E-state index is 10.9. The Kier molecular flexibility index (Phi) is 4.75. The largest absolute Gasteiger partial charge is 0.492 e. The topological polar surface area (TPSA) is 93.7 Å². The Bertz CT molecular complexity index is 481. The third-order valence-electron chi connectivity index (χ3n) is 3.63. The number of likely N-dealkylation sites (tertiary alicyclic amines) is 1. The molecule has 1 aromatic rings. The van der Waals surface area contributed by atoms with Gasteiger partial charge >= 0.3 is 0 Å². The Morgan fingerprint density at radius 2 is 2.30 bits per heavy atom. The van der Waals surface area contributed by atoms with Gasteiger partial charge in [0.05, 0.1) is 16.7 Å². The predicted molar refractivity (Wildman–Crippen MR) is 76.7 cm³/mol. The van der Waals surface area contributed by atoms with Crippen LogP contribution < -0.4 is 16.0 Å². The third-order valence-corrected chi connectivity index (χ3v) is 3.63. The number of nitrogens with one attached hydrogen (secondary N) is 1. The van der Waals surface area contributed by atoms with E-state index >= 15 is 0 Å². The number of benzene rings is 1. The van der Waals surface area contributed by atoms with Crippen LogP contribution in [0.1, 0.15) is 19.3 Å². The Morgan fingerprint density at radius 3 is 2.95 bits per heavy atom. The first kappa shape index (κ1) is 14.5. The minimum atomic E-state index is -0.458. The number of nitro benzene ring substituents is 1. The summed E-state index contributed by atoms with van der Waals surface area (Å²) in [6.07, 6.45) is 3.50. The zero-order valence-corrected chi connectivity index (χ0v) is 11.5. The summed E-state index contributed by atoms with van der Waals surface area (Å²) >= 11 is 0. The number of ether oxygens (including phenoxy) is 1. The second-order valence-corrected chi connectivity index (χ2v) is 5.06. The van der Waals surface area contributed by atoms with Crippen molar-refractivity contribution in [2.45, 2.75) is 25.3 Å². The number of likely N-dealkylation sites (N-methyl/N-ethyl adjacent to an activating group) is 1. The summed E-state index contributed by atoms with van der Waals surface area (Å²) in [6.45, 7) is 1.60. The van der Waals surface area contributed by atoms with Crippen molar-refractivity contribution < 1.29 is 9.66 Å². The Morgan fingerprint density at radius 1 is 1.50 bits per heavy atom. The number of hydrogen-bond donors (Lipinski definition) is 2. The summed E-state index contributed by atoms with van der Waals surface area (Å²) in [5, 5.41) is 10.9. The minimum Gasteiger partial charge on any atom is -0.492 e. The normalized spacial score (nSPS) is 19.6. The molecule has 3 N–H and O–H groups in total. The summed E-state index contributed by atoms with van der Waals surface area (Å²) in [6, 6.07) is 4.82. The summed E-state index contributed by atoms with van der Waals surface area (Å²) in [7, 11) is 2.08. The molecule has 1 saturated heterocycles. The number of nitrogen functional groups attached to an aromatic ring is 1. The van der Waals surface area contributed by atoms with Crippen LogP contribution >= 0.6 is 0 Å². The fourth-order valence-electron chi connectivity index (χ4n) is 2.40. The van der Waals surface area contributed by atoms with Gasteiger partial charge in [-0.3, -0.25) is 16.0 Å². The van der Waals surface area contributed by atoms with Gasteiger partial charge in [0.15, 0.2) is 0 Å². The van der Waals surface area contributed by atoms with E-state index in [0.29, 0.717) is 24.1 Å². The van der Waals surface area contributed by atoms with Crippen LogP contribution in [0.4, 0.5) is 11.4 Å². The highest BCUT2D eigenvalue weighted by Crippen LogP contribution is 2.26. The molecular formula is C13H20N4O3. The first-order chi connectivity index (χ1) is 9.60. The number of nitrogens with two attached hydrogens (primary N) is 1. The number of hydrogen-bond acceptors (Lipinski definition) is 6. The first-order valence-electron chi connectivity index (χ1n) is 6.69. The summed E-state index contributed by atoms with van der Waals surface area (Å²) in [5.41, 5.74) is 2.84. The number of piperidine rings is 1. The number of hydrazine groups is 1.